The van der Waals surface area contributed by atoms with Gasteiger partial charge in [0.05, 0.1) is 4.90 Å². The van der Waals surface area contributed by atoms with Gasteiger partial charge < -0.3 is 5.73 Å². The lowest BCUT2D eigenvalue weighted by Gasteiger charge is -2.19. The molecular weight excluding hydrogens is 304 g/mol. The Labute approximate surface area is 132 Å². The number of sulfonamides is 1. The summed E-state index contributed by atoms with van der Waals surface area (Å²) in [4.78, 5) is 0.634. The molecule has 1 atom stereocenters. The third-order valence-corrected chi connectivity index (χ3v) is 6.47. The monoisotopic (exact) mass is 326 g/mol. The van der Waals surface area contributed by atoms with E-state index in [0.717, 1.165) is 6.42 Å². The summed E-state index contributed by atoms with van der Waals surface area (Å²) < 4.78 is 27.1. The number of thiocarbonyl (C=S) groups is 1. The van der Waals surface area contributed by atoms with E-state index in [4.69, 9.17) is 18.0 Å². The Bertz CT molecular complexity index is 654. The van der Waals surface area contributed by atoms with Crippen molar-refractivity contribution in [1.29, 1.82) is 0 Å². The average molecular weight is 326 g/mol. The molecule has 116 valence electrons. The van der Waals surface area contributed by atoms with Gasteiger partial charge in [-0.1, -0.05) is 32.1 Å². The first-order valence-corrected chi connectivity index (χ1v) is 8.99. The fourth-order valence-corrected chi connectivity index (χ4v) is 4.59. The SMILES string of the molecule is Cc1cc(C(N)=S)ccc1S(=O)(=O)N1CCC(C(C)C)C1. The van der Waals surface area contributed by atoms with Crippen LogP contribution in [0.1, 0.15) is 31.4 Å². The van der Waals surface area contributed by atoms with Gasteiger partial charge in [0, 0.05) is 18.7 Å². The van der Waals surface area contributed by atoms with E-state index in [2.05, 4.69) is 13.8 Å². The molecule has 1 aromatic rings. The van der Waals surface area contributed by atoms with Crippen LogP contribution in [0.15, 0.2) is 23.1 Å². The van der Waals surface area contributed by atoms with Crippen LogP contribution in [0.5, 0.6) is 0 Å². The summed E-state index contributed by atoms with van der Waals surface area (Å²) in [7, 11) is -3.43. The third-order valence-electron chi connectivity index (χ3n) is 4.21. The van der Waals surface area contributed by atoms with Crippen molar-refractivity contribution in [3.05, 3.63) is 29.3 Å². The van der Waals surface area contributed by atoms with E-state index in [9.17, 15) is 8.42 Å². The second-order valence-corrected chi connectivity index (χ2v) is 8.35. The van der Waals surface area contributed by atoms with Crippen LogP contribution in [-0.4, -0.2) is 30.8 Å². The molecule has 0 bridgehead atoms. The van der Waals surface area contributed by atoms with Crippen LogP contribution in [0, 0.1) is 18.8 Å². The van der Waals surface area contributed by atoms with Gasteiger partial charge in [-0.25, -0.2) is 8.42 Å². The predicted molar refractivity (Wildman–Crippen MR) is 88.8 cm³/mol. The van der Waals surface area contributed by atoms with Crippen LogP contribution in [0.3, 0.4) is 0 Å². The first-order chi connectivity index (χ1) is 9.73. The molecule has 0 spiro atoms. The Morgan fingerprint density at radius 1 is 1.43 bits per heavy atom. The van der Waals surface area contributed by atoms with Crippen molar-refractivity contribution >= 4 is 27.2 Å². The number of nitrogens with two attached hydrogens (primary N) is 1. The van der Waals surface area contributed by atoms with E-state index in [1.54, 1.807) is 29.4 Å². The lowest BCUT2D eigenvalue weighted by atomic mass is 9.96. The van der Waals surface area contributed by atoms with Crippen molar-refractivity contribution in [2.75, 3.05) is 13.1 Å². The average Bonchev–Trinajstić information content (AvgIpc) is 2.88. The number of hydrogen-bond donors (Lipinski definition) is 1. The first-order valence-electron chi connectivity index (χ1n) is 7.14. The minimum absolute atomic E-state index is 0.281. The van der Waals surface area contributed by atoms with Crippen LogP contribution in [-0.2, 0) is 10.0 Å². The van der Waals surface area contributed by atoms with Crippen molar-refractivity contribution in [2.45, 2.75) is 32.1 Å². The number of benzene rings is 1. The highest BCUT2D eigenvalue weighted by molar-refractivity contribution is 7.89. The fraction of sp³-hybridized carbons (Fsp3) is 0.533. The van der Waals surface area contributed by atoms with Crippen molar-refractivity contribution < 1.29 is 8.42 Å². The van der Waals surface area contributed by atoms with Crippen molar-refractivity contribution in [3.8, 4) is 0 Å². The van der Waals surface area contributed by atoms with Crippen molar-refractivity contribution in [3.63, 3.8) is 0 Å². The van der Waals surface area contributed by atoms with Gasteiger partial charge in [-0.2, -0.15) is 4.31 Å². The maximum atomic E-state index is 12.8. The molecule has 0 aliphatic carbocycles. The normalized spacial score (nSPS) is 20.1. The quantitative estimate of drug-likeness (QED) is 0.862. The van der Waals surface area contributed by atoms with Gasteiger partial charge in [-0.15, -0.1) is 0 Å². The highest BCUT2D eigenvalue weighted by Gasteiger charge is 2.34. The molecule has 1 aliphatic rings. The summed E-state index contributed by atoms with van der Waals surface area (Å²) in [5, 5.41) is 0. The zero-order valence-electron chi connectivity index (χ0n) is 12.7. The number of rotatable bonds is 4. The molecule has 0 aromatic heterocycles. The maximum absolute atomic E-state index is 12.8. The largest absolute Gasteiger partial charge is 0.389 e. The molecule has 1 aliphatic heterocycles. The molecule has 4 nitrogen and oxygen atoms in total. The molecule has 1 unspecified atom stereocenters. The Morgan fingerprint density at radius 3 is 2.57 bits per heavy atom. The minimum atomic E-state index is -3.43. The van der Waals surface area contributed by atoms with Crippen molar-refractivity contribution in [2.24, 2.45) is 17.6 Å². The molecule has 0 saturated carbocycles. The van der Waals surface area contributed by atoms with Crippen LogP contribution in [0.2, 0.25) is 0 Å². The second kappa shape index (κ2) is 6.02. The molecule has 0 radical (unpaired) electrons. The molecular formula is C15H22N2O2S2. The Morgan fingerprint density at radius 2 is 2.10 bits per heavy atom. The van der Waals surface area contributed by atoms with E-state index in [1.807, 2.05) is 0 Å². The van der Waals surface area contributed by atoms with Gasteiger partial charge in [-0.3, -0.25) is 0 Å². The summed E-state index contributed by atoms with van der Waals surface area (Å²) in [5.74, 6) is 0.944. The van der Waals surface area contributed by atoms with E-state index < -0.39 is 10.0 Å². The molecule has 1 aromatic carbocycles. The molecule has 6 heteroatoms. The fourth-order valence-electron chi connectivity index (χ4n) is 2.75. The molecule has 2 rings (SSSR count). The topological polar surface area (TPSA) is 63.4 Å². The standard InChI is InChI=1S/C15H22N2O2S2/c1-10(2)13-6-7-17(9-13)21(18,19)14-5-4-12(15(16)20)8-11(14)3/h4-5,8,10,13H,6-7,9H2,1-3H3,(H2,16,20). The molecule has 1 fully saturated rings. The van der Waals surface area contributed by atoms with Crippen LogP contribution in [0.25, 0.3) is 0 Å². The molecule has 1 heterocycles. The predicted octanol–water partition coefficient (Wildman–Crippen LogP) is 2.30. The van der Waals surface area contributed by atoms with Gasteiger partial charge in [0.25, 0.3) is 0 Å². The van der Waals surface area contributed by atoms with Gasteiger partial charge in [0.1, 0.15) is 4.99 Å². The zero-order valence-corrected chi connectivity index (χ0v) is 14.3. The van der Waals surface area contributed by atoms with Crippen molar-refractivity contribution in [1.82, 2.24) is 4.31 Å². The summed E-state index contributed by atoms with van der Waals surface area (Å²) in [6, 6.07) is 5.03. The van der Waals surface area contributed by atoms with E-state index in [-0.39, 0.29) is 4.99 Å². The van der Waals surface area contributed by atoms with E-state index >= 15 is 0 Å². The lowest BCUT2D eigenvalue weighted by molar-refractivity contribution is 0.388. The minimum Gasteiger partial charge on any atom is -0.389 e. The van der Waals surface area contributed by atoms with E-state index in [0.29, 0.717) is 40.9 Å². The van der Waals surface area contributed by atoms with Gasteiger partial charge in [-0.05, 0) is 42.9 Å². The highest BCUT2D eigenvalue weighted by atomic mass is 32.2. The van der Waals surface area contributed by atoms with Gasteiger partial charge in [0.2, 0.25) is 10.0 Å². The zero-order chi connectivity index (χ0) is 15.8. The summed E-state index contributed by atoms with van der Waals surface area (Å²) in [6.07, 6.45) is 0.931. The van der Waals surface area contributed by atoms with Crippen LogP contribution >= 0.6 is 12.2 Å². The smallest absolute Gasteiger partial charge is 0.243 e. The summed E-state index contributed by atoms with van der Waals surface area (Å²) in [5.41, 5.74) is 6.97. The van der Waals surface area contributed by atoms with Crippen LogP contribution in [0.4, 0.5) is 0 Å². The van der Waals surface area contributed by atoms with Crippen LogP contribution < -0.4 is 5.73 Å². The number of aryl methyl sites for hydroxylation is 1. The van der Waals surface area contributed by atoms with Gasteiger partial charge >= 0.3 is 0 Å². The highest BCUT2D eigenvalue weighted by Crippen LogP contribution is 2.29. The summed E-state index contributed by atoms with van der Waals surface area (Å²) >= 11 is 4.93. The Hall–Kier alpha value is -0.980. The molecule has 0 amide bonds. The molecule has 21 heavy (non-hydrogen) atoms. The first kappa shape index (κ1) is 16.4. The maximum Gasteiger partial charge on any atom is 0.243 e. The van der Waals surface area contributed by atoms with E-state index in [1.165, 1.54) is 0 Å². The number of hydrogen-bond acceptors (Lipinski definition) is 3. The lowest BCUT2D eigenvalue weighted by Crippen LogP contribution is -2.30. The third kappa shape index (κ3) is 3.27. The number of nitrogens with zero attached hydrogens (tertiary/aromatic N) is 1. The second-order valence-electron chi connectivity index (χ2n) is 6.00. The summed E-state index contributed by atoms with van der Waals surface area (Å²) in [6.45, 7) is 7.27. The Balaban J connectivity index is 2.31. The molecule has 2 N–H and O–H groups in total. The molecule has 1 saturated heterocycles. The van der Waals surface area contributed by atoms with Gasteiger partial charge in [0.15, 0.2) is 0 Å². The Kier molecular flexibility index (Phi) is 4.70.